The van der Waals surface area contributed by atoms with Gasteiger partial charge in [-0.15, -0.1) is 0 Å². The van der Waals surface area contributed by atoms with Crippen molar-refractivity contribution in [2.75, 3.05) is 5.43 Å². The number of hydrogen-bond acceptors (Lipinski definition) is 4. The van der Waals surface area contributed by atoms with Gasteiger partial charge in [-0.05, 0) is 29.8 Å². The molecule has 0 aromatic carbocycles. The van der Waals surface area contributed by atoms with E-state index in [1.165, 1.54) is 12.3 Å². The molecule has 19 heavy (non-hydrogen) atoms. The summed E-state index contributed by atoms with van der Waals surface area (Å²) in [6.07, 6.45) is 1.10. The molecule has 0 aliphatic rings. The number of alkyl halides is 3. The molecule has 0 atom stereocenters. The number of nitrogens with zero attached hydrogens (tertiary/aromatic N) is 3. The van der Waals surface area contributed by atoms with E-state index in [1.807, 2.05) is 0 Å². The fourth-order valence-electron chi connectivity index (χ4n) is 1.25. The molecule has 0 bridgehead atoms. The van der Waals surface area contributed by atoms with Crippen molar-refractivity contribution < 1.29 is 13.2 Å². The molecule has 0 spiro atoms. The zero-order valence-corrected chi connectivity index (χ0v) is 9.59. The molecule has 0 amide bonds. The van der Waals surface area contributed by atoms with Crippen molar-refractivity contribution in [3.05, 3.63) is 54.0 Å². The van der Waals surface area contributed by atoms with Gasteiger partial charge in [0.05, 0.1) is 11.8 Å². The number of pyridine rings is 2. The number of hydrazone groups is 1. The third kappa shape index (κ3) is 3.77. The monoisotopic (exact) mass is 266 g/mol. The third-order valence-corrected chi connectivity index (χ3v) is 2.19. The Morgan fingerprint density at radius 3 is 2.42 bits per heavy atom. The lowest BCUT2D eigenvalue weighted by Gasteiger charge is -2.06. The summed E-state index contributed by atoms with van der Waals surface area (Å²) in [6, 6.07) is 5.64. The molecule has 4 nitrogen and oxygen atoms in total. The van der Waals surface area contributed by atoms with Crippen LogP contribution in [0.25, 0.3) is 0 Å². The summed E-state index contributed by atoms with van der Waals surface area (Å²) in [7, 11) is 0. The van der Waals surface area contributed by atoms with Crippen molar-refractivity contribution in [2.24, 2.45) is 5.10 Å². The number of aromatic nitrogens is 2. The van der Waals surface area contributed by atoms with E-state index in [1.54, 1.807) is 24.5 Å². The summed E-state index contributed by atoms with van der Waals surface area (Å²) in [5.74, 6) is 0.235. The average Bonchev–Trinajstić information content (AvgIpc) is 2.39. The van der Waals surface area contributed by atoms with Gasteiger partial charge in [-0.3, -0.25) is 10.4 Å². The Hall–Kier alpha value is -2.44. The highest BCUT2D eigenvalue weighted by molar-refractivity contribution is 5.79. The zero-order valence-electron chi connectivity index (χ0n) is 9.59. The topological polar surface area (TPSA) is 50.2 Å². The summed E-state index contributed by atoms with van der Waals surface area (Å²) < 4.78 is 36.9. The first kappa shape index (κ1) is 13.0. The minimum absolute atomic E-state index is 0.235. The van der Waals surface area contributed by atoms with Gasteiger partial charge < -0.3 is 0 Å². The molecular weight excluding hydrogens is 257 g/mol. The fourth-order valence-corrected chi connectivity index (χ4v) is 1.25. The van der Waals surface area contributed by atoms with Gasteiger partial charge >= 0.3 is 6.18 Å². The van der Waals surface area contributed by atoms with Crippen molar-refractivity contribution in [1.29, 1.82) is 0 Å². The molecule has 0 saturated heterocycles. The predicted molar refractivity (Wildman–Crippen MR) is 64.7 cm³/mol. The van der Waals surface area contributed by atoms with E-state index >= 15 is 0 Å². The zero-order chi connectivity index (χ0) is 13.7. The van der Waals surface area contributed by atoms with Crippen molar-refractivity contribution >= 4 is 12.0 Å². The fraction of sp³-hybridized carbons (Fsp3) is 0.0833. The summed E-state index contributed by atoms with van der Waals surface area (Å²) >= 11 is 0. The Morgan fingerprint density at radius 2 is 1.84 bits per heavy atom. The molecule has 0 unspecified atom stereocenters. The van der Waals surface area contributed by atoms with Crippen molar-refractivity contribution in [3.8, 4) is 0 Å². The number of rotatable bonds is 3. The molecule has 0 fully saturated rings. The second-order valence-electron chi connectivity index (χ2n) is 3.58. The third-order valence-electron chi connectivity index (χ3n) is 2.19. The van der Waals surface area contributed by atoms with E-state index in [4.69, 9.17) is 0 Å². The average molecular weight is 266 g/mol. The highest BCUT2D eigenvalue weighted by atomic mass is 19.4. The first-order valence-corrected chi connectivity index (χ1v) is 5.28. The molecule has 0 saturated carbocycles. The Bertz CT molecular complexity index is 549. The molecular formula is C12H9F3N4. The second kappa shape index (κ2) is 5.47. The van der Waals surface area contributed by atoms with Crippen LogP contribution in [0.3, 0.4) is 0 Å². The number of nitrogens with one attached hydrogen (secondary N) is 1. The lowest BCUT2D eigenvalue weighted by Crippen LogP contribution is -2.05. The van der Waals surface area contributed by atoms with E-state index in [-0.39, 0.29) is 5.82 Å². The maximum absolute atomic E-state index is 12.3. The predicted octanol–water partition coefficient (Wildman–Crippen LogP) is 2.94. The van der Waals surface area contributed by atoms with Gasteiger partial charge in [0.2, 0.25) is 0 Å². The van der Waals surface area contributed by atoms with E-state index < -0.39 is 11.7 Å². The van der Waals surface area contributed by atoms with Crippen LogP contribution in [0.2, 0.25) is 0 Å². The molecule has 2 heterocycles. The van der Waals surface area contributed by atoms with Gasteiger partial charge in [-0.1, -0.05) is 0 Å². The van der Waals surface area contributed by atoms with Gasteiger partial charge in [0.15, 0.2) is 0 Å². The van der Waals surface area contributed by atoms with Crippen molar-refractivity contribution in [2.45, 2.75) is 6.18 Å². The van der Waals surface area contributed by atoms with Crippen LogP contribution in [0, 0.1) is 0 Å². The smallest absolute Gasteiger partial charge is 0.265 e. The van der Waals surface area contributed by atoms with Crippen molar-refractivity contribution in [1.82, 2.24) is 9.97 Å². The molecule has 2 rings (SSSR count). The van der Waals surface area contributed by atoms with Crippen LogP contribution < -0.4 is 5.43 Å². The minimum atomic E-state index is -4.38. The SMILES string of the molecule is FC(F)(F)c1ccc(NN=Cc2ccncc2)nc1. The summed E-state index contributed by atoms with van der Waals surface area (Å²) in [5.41, 5.74) is 2.56. The lowest BCUT2D eigenvalue weighted by molar-refractivity contribution is -0.137. The second-order valence-corrected chi connectivity index (χ2v) is 3.58. The molecule has 7 heteroatoms. The van der Waals surface area contributed by atoms with Crippen LogP contribution in [-0.2, 0) is 6.18 Å². The van der Waals surface area contributed by atoms with Crippen LogP contribution in [-0.4, -0.2) is 16.2 Å². The summed E-state index contributed by atoms with van der Waals surface area (Å²) in [6.45, 7) is 0. The normalized spacial score (nSPS) is 11.7. The van der Waals surface area contributed by atoms with Gasteiger partial charge in [-0.2, -0.15) is 18.3 Å². The molecule has 2 aromatic heterocycles. The van der Waals surface area contributed by atoms with Gasteiger partial charge in [0.1, 0.15) is 5.82 Å². The Labute approximate surface area is 107 Å². The van der Waals surface area contributed by atoms with Gasteiger partial charge in [0.25, 0.3) is 0 Å². The quantitative estimate of drug-likeness (QED) is 0.686. The molecule has 1 N–H and O–H groups in total. The van der Waals surface area contributed by atoms with Crippen molar-refractivity contribution in [3.63, 3.8) is 0 Å². The summed E-state index contributed by atoms with van der Waals surface area (Å²) in [4.78, 5) is 7.46. The molecule has 0 aliphatic heterocycles. The first-order chi connectivity index (χ1) is 9.05. The molecule has 98 valence electrons. The van der Waals surface area contributed by atoms with Crippen LogP contribution in [0.15, 0.2) is 48.0 Å². The van der Waals surface area contributed by atoms with E-state index in [9.17, 15) is 13.2 Å². The standard InChI is InChI=1S/C12H9F3N4/c13-12(14,15)10-1-2-11(17-8-10)19-18-7-9-3-5-16-6-4-9/h1-8H,(H,17,19). The maximum atomic E-state index is 12.3. The molecule has 0 aliphatic carbocycles. The van der Waals surface area contributed by atoms with Crippen LogP contribution in [0.4, 0.5) is 19.0 Å². The Kier molecular flexibility index (Phi) is 3.74. The Balaban J connectivity index is 1.99. The van der Waals surface area contributed by atoms with E-state index in [0.717, 1.165) is 17.8 Å². The largest absolute Gasteiger partial charge is 0.417 e. The maximum Gasteiger partial charge on any atom is 0.417 e. The van der Waals surface area contributed by atoms with E-state index in [2.05, 4.69) is 20.5 Å². The van der Waals surface area contributed by atoms with Gasteiger partial charge in [0, 0.05) is 18.6 Å². The highest BCUT2D eigenvalue weighted by Crippen LogP contribution is 2.28. The first-order valence-electron chi connectivity index (χ1n) is 5.28. The lowest BCUT2D eigenvalue weighted by atomic mass is 10.3. The van der Waals surface area contributed by atoms with Crippen LogP contribution in [0.5, 0.6) is 0 Å². The van der Waals surface area contributed by atoms with Crippen LogP contribution >= 0.6 is 0 Å². The molecule has 0 radical (unpaired) electrons. The highest BCUT2D eigenvalue weighted by Gasteiger charge is 2.30. The van der Waals surface area contributed by atoms with E-state index in [0.29, 0.717) is 0 Å². The number of halogens is 3. The Morgan fingerprint density at radius 1 is 1.11 bits per heavy atom. The number of anilines is 1. The minimum Gasteiger partial charge on any atom is -0.265 e. The van der Waals surface area contributed by atoms with Crippen LogP contribution in [0.1, 0.15) is 11.1 Å². The number of hydrogen-bond donors (Lipinski definition) is 1. The molecule has 2 aromatic rings. The van der Waals surface area contributed by atoms with Gasteiger partial charge in [-0.25, -0.2) is 4.98 Å². The summed E-state index contributed by atoms with van der Waals surface area (Å²) in [5, 5.41) is 3.86.